The van der Waals surface area contributed by atoms with Gasteiger partial charge in [-0.05, 0) is 48.5 Å². The number of furan rings is 1. The zero-order chi connectivity index (χ0) is 20.1. The van der Waals surface area contributed by atoms with E-state index in [1.807, 2.05) is 54.6 Å². The molecule has 0 radical (unpaired) electrons. The normalized spacial score (nSPS) is 11.0. The molecule has 0 amide bonds. The Bertz CT molecular complexity index is 1140. The van der Waals surface area contributed by atoms with Gasteiger partial charge in [-0.1, -0.05) is 23.7 Å². The number of hydrazone groups is 1. The largest absolute Gasteiger partial charge is 0.497 e. The van der Waals surface area contributed by atoms with Crippen LogP contribution >= 0.6 is 11.6 Å². The molecule has 1 N–H and O–H groups in total. The number of aromatic nitrogens is 3. The van der Waals surface area contributed by atoms with Crippen LogP contribution in [0.2, 0.25) is 5.02 Å². The van der Waals surface area contributed by atoms with Crippen molar-refractivity contribution in [3.05, 3.63) is 77.6 Å². The molecule has 4 rings (SSSR count). The summed E-state index contributed by atoms with van der Waals surface area (Å²) in [5.41, 5.74) is 5.14. The third kappa shape index (κ3) is 4.41. The van der Waals surface area contributed by atoms with Crippen molar-refractivity contribution in [2.24, 2.45) is 5.10 Å². The van der Waals surface area contributed by atoms with Crippen molar-refractivity contribution in [3.8, 4) is 28.3 Å². The van der Waals surface area contributed by atoms with Crippen LogP contribution in [0.25, 0.3) is 22.6 Å². The Morgan fingerprint density at radius 2 is 1.90 bits per heavy atom. The summed E-state index contributed by atoms with van der Waals surface area (Å²) in [5, 5.41) is 12.6. The summed E-state index contributed by atoms with van der Waals surface area (Å²) in [6.45, 7) is 0. The van der Waals surface area contributed by atoms with E-state index in [1.165, 1.54) is 6.21 Å². The van der Waals surface area contributed by atoms with Crippen molar-refractivity contribution >= 4 is 23.8 Å². The zero-order valence-corrected chi connectivity index (χ0v) is 16.2. The van der Waals surface area contributed by atoms with Gasteiger partial charge in [-0.3, -0.25) is 0 Å². The fraction of sp³-hybridized carbons (Fsp3) is 0.0476. The number of hydrogen-bond donors (Lipinski definition) is 1. The Labute approximate surface area is 172 Å². The quantitative estimate of drug-likeness (QED) is 0.362. The van der Waals surface area contributed by atoms with Crippen molar-refractivity contribution in [2.45, 2.75) is 0 Å². The summed E-state index contributed by atoms with van der Waals surface area (Å²) in [6.07, 6.45) is 3.11. The minimum atomic E-state index is 0.271. The van der Waals surface area contributed by atoms with Gasteiger partial charge in [0.25, 0.3) is 5.95 Å². The van der Waals surface area contributed by atoms with Crippen LogP contribution in [0.3, 0.4) is 0 Å². The maximum atomic E-state index is 6.20. The molecule has 0 fully saturated rings. The molecule has 4 aromatic rings. The summed E-state index contributed by atoms with van der Waals surface area (Å²) >= 11 is 6.20. The molecule has 7 nitrogen and oxygen atoms in total. The number of hydrogen-bond acceptors (Lipinski definition) is 7. The molecular formula is C21H16ClN5O2. The van der Waals surface area contributed by atoms with E-state index in [1.54, 1.807) is 19.4 Å². The molecule has 0 aliphatic carbocycles. The molecule has 0 spiro atoms. The molecule has 0 saturated heterocycles. The maximum absolute atomic E-state index is 6.20. The van der Waals surface area contributed by atoms with Gasteiger partial charge in [0.2, 0.25) is 0 Å². The van der Waals surface area contributed by atoms with E-state index in [4.69, 9.17) is 20.8 Å². The highest BCUT2D eigenvalue weighted by atomic mass is 35.5. The van der Waals surface area contributed by atoms with Crippen LogP contribution in [0.5, 0.6) is 5.75 Å². The van der Waals surface area contributed by atoms with Gasteiger partial charge in [0, 0.05) is 11.1 Å². The monoisotopic (exact) mass is 405 g/mol. The van der Waals surface area contributed by atoms with E-state index in [-0.39, 0.29) is 5.95 Å². The molecule has 144 valence electrons. The average molecular weight is 406 g/mol. The van der Waals surface area contributed by atoms with Crippen molar-refractivity contribution in [1.29, 1.82) is 0 Å². The topological polar surface area (TPSA) is 85.4 Å². The lowest BCUT2D eigenvalue weighted by molar-refractivity contribution is 0.415. The maximum Gasteiger partial charge on any atom is 0.263 e. The predicted octanol–water partition coefficient (Wildman–Crippen LogP) is 4.91. The molecule has 8 heteroatoms. The number of ether oxygens (including phenoxy) is 1. The highest BCUT2D eigenvalue weighted by Gasteiger charge is 2.07. The van der Waals surface area contributed by atoms with Crippen molar-refractivity contribution in [1.82, 2.24) is 15.2 Å². The number of halogens is 1. The van der Waals surface area contributed by atoms with Crippen molar-refractivity contribution < 1.29 is 9.15 Å². The molecule has 2 aromatic carbocycles. The average Bonchev–Trinajstić information content (AvgIpc) is 3.23. The van der Waals surface area contributed by atoms with Gasteiger partial charge in [0.15, 0.2) is 0 Å². The highest BCUT2D eigenvalue weighted by Crippen LogP contribution is 2.28. The lowest BCUT2D eigenvalue weighted by Gasteiger charge is -2.03. The molecule has 0 bridgehead atoms. The van der Waals surface area contributed by atoms with Gasteiger partial charge in [0.1, 0.15) is 17.3 Å². The second-order valence-electron chi connectivity index (χ2n) is 5.95. The first-order valence-electron chi connectivity index (χ1n) is 8.71. The van der Waals surface area contributed by atoms with Crippen LogP contribution in [-0.2, 0) is 0 Å². The molecule has 0 unspecified atom stereocenters. The predicted molar refractivity (Wildman–Crippen MR) is 112 cm³/mol. The number of nitrogens with zero attached hydrogens (tertiary/aromatic N) is 4. The fourth-order valence-corrected chi connectivity index (χ4v) is 2.86. The van der Waals surface area contributed by atoms with Gasteiger partial charge in [-0.25, -0.2) is 10.4 Å². The van der Waals surface area contributed by atoms with Gasteiger partial charge < -0.3 is 9.15 Å². The summed E-state index contributed by atoms with van der Waals surface area (Å²) in [7, 11) is 1.62. The van der Waals surface area contributed by atoms with Crippen molar-refractivity contribution in [3.63, 3.8) is 0 Å². The van der Waals surface area contributed by atoms with Crippen LogP contribution in [0.4, 0.5) is 5.95 Å². The van der Waals surface area contributed by atoms with Crippen LogP contribution in [0.15, 0.2) is 76.4 Å². The molecule has 0 aliphatic rings. The molecule has 2 aromatic heterocycles. The van der Waals surface area contributed by atoms with Crippen LogP contribution in [0.1, 0.15) is 5.76 Å². The lowest BCUT2D eigenvalue weighted by Crippen LogP contribution is -1.99. The summed E-state index contributed by atoms with van der Waals surface area (Å²) in [4.78, 5) is 4.41. The van der Waals surface area contributed by atoms with E-state index >= 15 is 0 Å². The zero-order valence-electron chi connectivity index (χ0n) is 15.4. The first kappa shape index (κ1) is 18.6. The Balaban J connectivity index is 1.45. The minimum absolute atomic E-state index is 0.271. The summed E-state index contributed by atoms with van der Waals surface area (Å²) in [6, 6.07) is 18.6. The number of rotatable bonds is 6. The Morgan fingerprint density at radius 1 is 1.07 bits per heavy atom. The Hall–Kier alpha value is -3.71. The van der Waals surface area contributed by atoms with Crippen molar-refractivity contribution in [2.75, 3.05) is 12.5 Å². The third-order valence-corrected chi connectivity index (χ3v) is 4.40. The lowest BCUT2D eigenvalue weighted by atomic mass is 10.1. The number of nitrogens with one attached hydrogen (secondary N) is 1. The smallest absolute Gasteiger partial charge is 0.263 e. The SMILES string of the molecule is COc1ccc(-c2cnnc(N/N=C\c3ccc(-c4ccccc4Cl)o3)n2)cc1. The summed E-state index contributed by atoms with van der Waals surface area (Å²) in [5.74, 6) is 2.27. The van der Waals surface area contributed by atoms with E-state index in [0.29, 0.717) is 22.2 Å². The van der Waals surface area contributed by atoms with Crippen LogP contribution in [-0.4, -0.2) is 28.5 Å². The molecule has 2 heterocycles. The minimum Gasteiger partial charge on any atom is -0.497 e. The standard InChI is InChI=1S/C21H16ClN5O2/c1-28-15-8-6-14(7-9-15)19-13-24-27-21(25-19)26-23-12-16-10-11-20(29-16)17-4-2-3-5-18(17)22/h2-13H,1H3,(H,25,26,27)/b23-12-. The summed E-state index contributed by atoms with van der Waals surface area (Å²) < 4.78 is 10.9. The first-order valence-corrected chi connectivity index (χ1v) is 9.09. The van der Waals surface area contributed by atoms with E-state index < -0.39 is 0 Å². The second kappa shape index (κ2) is 8.53. The molecule has 29 heavy (non-hydrogen) atoms. The van der Waals surface area contributed by atoms with Gasteiger partial charge >= 0.3 is 0 Å². The van der Waals surface area contributed by atoms with Crippen LogP contribution in [0, 0.1) is 0 Å². The number of methoxy groups -OCH3 is 1. The van der Waals surface area contributed by atoms with Gasteiger partial charge in [0.05, 0.1) is 30.2 Å². The molecule has 0 saturated carbocycles. The highest BCUT2D eigenvalue weighted by molar-refractivity contribution is 6.33. The first-order chi connectivity index (χ1) is 14.2. The molecule has 0 aliphatic heterocycles. The number of benzene rings is 2. The Kier molecular flexibility index (Phi) is 5.49. The van der Waals surface area contributed by atoms with E-state index in [2.05, 4.69) is 25.7 Å². The van der Waals surface area contributed by atoms with Crippen LogP contribution < -0.4 is 10.2 Å². The number of anilines is 1. The van der Waals surface area contributed by atoms with E-state index in [9.17, 15) is 0 Å². The van der Waals surface area contributed by atoms with Gasteiger partial charge in [-0.2, -0.15) is 10.2 Å². The molecule has 0 atom stereocenters. The van der Waals surface area contributed by atoms with E-state index in [0.717, 1.165) is 16.9 Å². The third-order valence-electron chi connectivity index (χ3n) is 4.07. The molecular weight excluding hydrogens is 390 g/mol. The Morgan fingerprint density at radius 3 is 2.69 bits per heavy atom. The fourth-order valence-electron chi connectivity index (χ4n) is 2.63. The van der Waals surface area contributed by atoms with Gasteiger partial charge in [-0.15, -0.1) is 5.10 Å². The second-order valence-corrected chi connectivity index (χ2v) is 6.35.